The Kier molecular flexibility index (Phi) is 2.19. The third kappa shape index (κ3) is 1.81. The maximum Gasteiger partial charge on any atom is 0.103 e. The van der Waals surface area contributed by atoms with E-state index in [4.69, 9.17) is 12.2 Å². The molecule has 0 bridgehead atoms. The molecule has 0 aliphatic heterocycles. The Morgan fingerprint density at radius 1 is 1.00 bits per heavy atom. The Hall–Kier alpha value is -1.48. The molecule has 0 aliphatic rings. The average molecular weight is 188 g/mol. The van der Waals surface area contributed by atoms with Crippen molar-refractivity contribution in [3.8, 4) is 11.1 Å². The molecule has 2 nitrogen and oxygen atoms in total. The summed E-state index contributed by atoms with van der Waals surface area (Å²) in [4.78, 5) is 6.95. The van der Waals surface area contributed by atoms with Crippen LogP contribution in [0.3, 0.4) is 0 Å². The molecule has 0 radical (unpaired) electrons. The van der Waals surface area contributed by atoms with Crippen LogP contribution < -0.4 is 0 Å². The van der Waals surface area contributed by atoms with Crippen molar-refractivity contribution in [1.29, 1.82) is 0 Å². The van der Waals surface area contributed by atoms with Crippen LogP contribution in [0, 0.1) is 4.64 Å². The van der Waals surface area contributed by atoms with Crippen LogP contribution in [-0.2, 0) is 0 Å². The van der Waals surface area contributed by atoms with Crippen LogP contribution in [0.2, 0.25) is 0 Å². The highest BCUT2D eigenvalue weighted by molar-refractivity contribution is 7.71. The van der Waals surface area contributed by atoms with Crippen LogP contribution in [-0.4, -0.2) is 9.97 Å². The number of hydrogen-bond donors (Lipinski definition) is 1. The van der Waals surface area contributed by atoms with Gasteiger partial charge in [-0.1, -0.05) is 12.2 Å². The molecule has 0 aromatic carbocycles. The van der Waals surface area contributed by atoms with Crippen LogP contribution in [0.1, 0.15) is 0 Å². The van der Waals surface area contributed by atoms with E-state index >= 15 is 0 Å². The predicted molar refractivity (Wildman–Crippen MR) is 54.9 cm³/mol. The Balaban J connectivity index is 2.48. The molecular formula is C10H8N2S. The molecular weight excluding hydrogens is 180 g/mol. The molecule has 1 N–H and O–H groups in total. The second kappa shape index (κ2) is 3.49. The number of rotatable bonds is 1. The van der Waals surface area contributed by atoms with Gasteiger partial charge in [0.15, 0.2) is 0 Å². The minimum absolute atomic E-state index is 0.748. The molecule has 0 amide bonds. The first kappa shape index (κ1) is 8.13. The van der Waals surface area contributed by atoms with Gasteiger partial charge in [0, 0.05) is 18.6 Å². The summed E-state index contributed by atoms with van der Waals surface area (Å²) in [6.45, 7) is 0. The Morgan fingerprint density at radius 2 is 1.77 bits per heavy atom. The minimum atomic E-state index is 0.748. The first-order valence-corrected chi connectivity index (χ1v) is 4.36. The molecule has 13 heavy (non-hydrogen) atoms. The standard InChI is InChI=1S/C10H8N2S/c13-10-2-1-9(7-12-10)8-3-5-11-6-4-8/h1-7H,(H,12,13). The molecule has 0 saturated carbocycles. The summed E-state index contributed by atoms with van der Waals surface area (Å²) in [5, 5.41) is 0. The monoisotopic (exact) mass is 188 g/mol. The fraction of sp³-hybridized carbons (Fsp3) is 0. The van der Waals surface area contributed by atoms with Crippen molar-refractivity contribution >= 4 is 12.2 Å². The second-order valence-corrected chi connectivity index (χ2v) is 3.12. The van der Waals surface area contributed by atoms with Gasteiger partial charge in [-0.15, -0.1) is 0 Å². The SMILES string of the molecule is S=c1ccc(-c2ccncc2)c[nH]1. The van der Waals surface area contributed by atoms with Gasteiger partial charge in [-0.3, -0.25) is 4.98 Å². The van der Waals surface area contributed by atoms with Gasteiger partial charge in [-0.05, 0) is 35.4 Å². The summed E-state index contributed by atoms with van der Waals surface area (Å²) in [6.07, 6.45) is 5.45. The van der Waals surface area contributed by atoms with Crippen LogP contribution in [0.5, 0.6) is 0 Å². The Morgan fingerprint density at radius 3 is 2.38 bits per heavy atom. The van der Waals surface area contributed by atoms with E-state index in [9.17, 15) is 0 Å². The zero-order chi connectivity index (χ0) is 9.10. The van der Waals surface area contributed by atoms with Gasteiger partial charge in [0.1, 0.15) is 4.64 Å². The molecule has 64 valence electrons. The maximum absolute atomic E-state index is 4.95. The lowest BCUT2D eigenvalue weighted by Crippen LogP contribution is -1.79. The van der Waals surface area contributed by atoms with E-state index in [1.54, 1.807) is 12.4 Å². The Bertz CT molecular complexity index is 427. The third-order valence-corrected chi connectivity index (χ3v) is 2.05. The molecule has 0 unspecified atom stereocenters. The van der Waals surface area contributed by atoms with Crippen molar-refractivity contribution in [3.05, 3.63) is 47.5 Å². The van der Waals surface area contributed by atoms with E-state index in [0.717, 1.165) is 15.8 Å². The van der Waals surface area contributed by atoms with E-state index in [0.29, 0.717) is 0 Å². The number of aromatic nitrogens is 2. The number of H-pyrrole nitrogens is 1. The average Bonchev–Trinajstić information content (AvgIpc) is 2.20. The van der Waals surface area contributed by atoms with Crippen LogP contribution >= 0.6 is 12.2 Å². The molecule has 2 aromatic rings. The highest BCUT2D eigenvalue weighted by Gasteiger charge is 1.93. The van der Waals surface area contributed by atoms with Gasteiger partial charge < -0.3 is 4.98 Å². The van der Waals surface area contributed by atoms with Crippen LogP contribution in [0.15, 0.2) is 42.9 Å². The van der Waals surface area contributed by atoms with Crippen LogP contribution in [0.25, 0.3) is 11.1 Å². The Labute approximate surface area is 81.3 Å². The highest BCUT2D eigenvalue weighted by atomic mass is 32.1. The van der Waals surface area contributed by atoms with E-state index in [1.807, 2.05) is 30.5 Å². The van der Waals surface area contributed by atoms with Gasteiger partial charge in [0.25, 0.3) is 0 Å². The lowest BCUT2D eigenvalue weighted by Gasteiger charge is -1.98. The molecule has 0 atom stereocenters. The van der Waals surface area contributed by atoms with Gasteiger partial charge in [0.05, 0.1) is 0 Å². The third-order valence-electron chi connectivity index (χ3n) is 1.80. The highest BCUT2D eigenvalue weighted by Crippen LogP contribution is 2.15. The molecule has 0 saturated heterocycles. The van der Waals surface area contributed by atoms with Crippen molar-refractivity contribution in [2.24, 2.45) is 0 Å². The largest absolute Gasteiger partial charge is 0.352 e. The fourth-order valence-electron chi connectivity index (χ4n) is 1.13. The minimum Gasteiger partial charge on any atom is -0.352 e. The summed E-state index contributed by atoms with van der Waals surface area (Å²) in [5.41, 5.74) is 2.26. The number of hydrogen-bond acceptors (Lipinski definition) is 2. The quantitative estimate of drug-likeness (QED) is 0.697. The zero-order valence-corrected chi connectivity index (χ0v) is 7.71. The summed E-state index contributed by atoms with van der Waals surface area (Å²) in [6, 6.07) is 7.80. The lowest BCUT2D eigenvalue weighted by atomic mass is 10.1. The first-order valence-electron chi connectivity index (χ1n) is 3.95. The summed E-state index contributed by atoms with van der Waals surface area (Å²) >= 11 is 4.95. The maximum atomic E-state index is 4.95. The van der Waals surface area contributed by atoms with Crippen molar-refractivity contribution in [1.82, 2.24) is 9.97 Å². The van der Waals surface area contributed by atoms with E-state index in [1.165, 1.54) is 0 Å². The topological polar surface area (TPSA) is 28.7 Å². The molecule has 2 heterocycles. The van der Waals surface area contributed by atoms with Crippen LogP contribution in [0.4, 0.5) is 0 Å². The van der Waals surface area contributed by atoms with Crippen molar-refractivity contribution in [2.45, 2.75) is 0 Å². The van der Waals surface area contributed by atoms with E-state index in [-0.39, 0.29) is 0 Å². The normalized spacial score (nSPS) is 9.85. The first-order chi connectivity index (χ1) is 6.36. The second-order valence-electron chi connectivity index (χ2n) is 2.68. The number of nitrogens with one attached hydrogen (secondary N) is 1. The molecule has 0 aliphatic carbocycles. The lowest BCUT2D eigenvalue weighted by molar-refractivity contribution is 1.29. The van der Waals surface area contributed by atoms with Gasteiger partial charge in [-0.2, -0.15) is 0 Å². The smallest absolute Gasteiger partial charge is 0.103 e. The molecule has 3 heteroatoms. The van der Waals surface area contributed by atoms with E-state index in [2.05, 4.69) is 9.97 Å². The molecule has 0 spiro atoms. The van der Waals surface area contributed by atoms with Crippen molar-refractivity contribution < 1.29 is 0 Å². The van der Waals surface area contributed by atoms with Gasteiger partial charge >= 0.3 is 0 Å². The van der Waals surface area contributed by atoms with Gasteiger partial charge in [0.2, 0.25) is 0 Å². The molecule has 2 rings (SSSR count). The van der Waals surface area contributed by atoms with Crippen molar-refractivity contribution in [3.63, 3.8) is 0 Å². The molecule has 2 aromatic heterocycles. The van der Waals surface area contributed by atoms with Gasteiger partial charge in [-0.25, -0.2) is 0 Å². The fourth-order valence-corrected chi connectivity index (χ4v) is 1.26. The van der Waals surface area contributed by atoms with Crippen molar-refractivity contribution in [2.75, 3.05) is 0 Å². The number of aromatic amines is 1. The summed E-state index contributed by atoms with van der Waals surface area (Å²) in [5.74, 6) is 0. The van der Waals surface area contributed by atoms with E-state index < -0.39 is 0 Å². The number of nitrogens with zero attached hydrogens (tertiary/aromatic N) is 1. The predicted octanol–water partition coefficient (Wildman–Crippen LogP) is 2.81. The summed E-state index contributed by atoms with van der Waals surface area (Å²) < 4.78 is 0.748. The zero-order valence-electron chi connectivity index (χ0n) is 6.90. The number of pyridine rings is 2. The molecule has 0 fully saturated rings. The summed E-state index contributed by atoms with van der Waals surface area (Å²) in [7, 11) is 0.